The van der Waals surface area contributed by atoms with E-state index < -0.39 is 24.5 Å². The van der Waals surface area contributed by atoms with E-state index in [1.165, 1.54) is 25.5 Å². The zero-order chi connectivity index (χ0) is 21.4. The van der Waals surface area contributed by atoms with E-state index in [0.29, 0.717) is 23.4 Å². The van der Waals surface area contributed by atoms with Gasteiger partial charge in [-0.15, -0.1) is 0 Å². The Labute approximate surface area is 180 Å². The smallest absolute Gasteiger partial charge is 0.342 e. The first kappa shape index (κ1) is 19.8. The van der Waals surface area contributed by atoms with Crippen molar-refractivity contribution in [1.29, 1.82) is 0 Å². The maximum absolute atomic E-state index is 12.5. The lowest BCUT2D eigenvalue weighted by atomic mass is 9.53. The highest BCUT2D eigenvalue weighted by molar-refractivity contribution is 5.99. The largest absolute Gasteiger partial charge is 0.452 e. The maximum Gasteiger partial charge on any atom is 0.342 e. The molecule has 2 aromatic rings. The molecule has 4 bridgehead atoms. The fraction of sp³-hybridized carbons (Fsp3) is 0.478. The summed E-state index contributed by atoms with van der Waals surface area (Å²) in [7, 11) is 0. The number of rotatable bonds is 5. The van der Waals surface area contributed by atoms with Gasteiger partial charge in [0.25, 0.3) is 5.91 Å². The van der Waals surface area contributed by atoms with Crippen LogP contribution in [0, 0.1) is 17.8 Å². The summed E-state index contributed by atoms with van der Waals surface area (Å²) in [4.78, 5) is 37.1. The number of nitrogens with zero attached hydrogens (tertiary/aromatic N) is 1. The molecule has 0 radical (unpaired) electrons. The van der Waals surface area contributed by atoms with Gasteiger partial charge >= 0.3 is 12.0 Å². The summed E-state index contributed by atoms with van der Waals surface area (Å²) in [6, 6.07) is 8.74. The number of carbonyl (C=O) groups is 3. The molecule has 0 unspecified atom stereocenters. The summed E-state index contributed by atoms with van der Waals surface area (Å²) in [6.45, 7) is -0.535. The molecule has 4 aliphatic carbocycles. The average Bonchev–Trinajstić information content (AvgIpc) is 3.21. The van der Waals surface area contributed by atoms with E-state index in [1.807, 2.05) is 30.3 Å². The van der Waals surface area contributed by atoms with Crippen molar-refractivity contribution in [1.82, 2.24) is 20.8 Å². The van der Waals surface area contributed by atoms with Crippen molar-refractivity contribution in [2.24, 2.45) is 17.8 Å². The molecule has 162 valence electrons. The van der Waals surface area contributed by atoms with Gasteiger partial charge in [-0.1, -0.05) is 30.3 Å². The zero-order valence-electron chi connectivity index (χ0n) is 17.2. The number of ether oxygens (including phenoxy) is 1. The molecule has 31 heavy (non-hydrogen) atoms. The van der Waals surface area contributed by atoms with Gasteiger partial charge in [0, 0.05) is 11.1 Å². The molecule has 8 heteroatoms. The van der Waals surface area contributed by atoms with Gasteiger partial charge in [-0.25, -0.2) is 9.59 Å². The van der Waals surface area contributed by atoms with Crippen molar-refractivity contribution >= 4 is 17.9 Å². The summed E-state index contributed by atoms with van der Waals surface area (Å²) in [6.07, 6.45) is 8.18. The molecule has 4 aliphatic rings. The molecule has 8 nitrogen and oxygen atoms in total. The molecule has 6 rings (SSSR count). The number of H-pyrrole nitrogens is 1. The van der Waals surface area contributed by atoms with Crippen LogP contribution in [0.2, 0.25) is 0 Å². The fourth-order valence-corrected chi connectivity index (χ4v) is 6.17. The number of amides is 3. The van der Waals surface area contributed by atoms with E-state index in [1.54, 1.807) is 0 Å². The third kappa shape index (κ3) is 4.06. The monoisotopic (exact) mass is 422 g/mol. The van der Waals surface area contributed by atoms with Crippen LogP contribution in [0.4, 0.5) is 4.79 Å². The number of hydrogen-bond acceptors (Lipinski definition) is 5. The van der Waals surface area contributed by atoms with E-state index in [-0.39, 0.29) is 11.1 Å². The minimum Gasteiger partial charge on any atom is -0.452 e. The fourth-order valence-electron chi connectivity index (χ4n) is 6.17. The Morgan fingerprint density at radius 1 is 1.03 bits per heavy atom. The van der Waals surface area contributed by atoms with Crippen LogP contribution in [0.25, 0.3) is 11.3 Å². The van der Waals surface area contributed by atoms with Gasteiger partial charge in [0.2, 0.25) is 0 Å². The Kier molecular flexibility index (Phi) is 5.00. The number of aromatic amines is 1. The van der Waals surface area contributed by atoms with E-state index >= 15 is 0 Å². The van der Waals surface area contributed by atoms with Gasteiger partial charge in [-0.05, 0) is 56.3 Å². The Morgan fingerprint density at radius 2 is 1.68 bits per heavy atom. The summed E-state index contributed by atoms with van der Waals surface area (Å²) < 4.78 is 5.11. The molecule has 0 saturated heterocycles. The van der Waals surface area contributed by atoms with Gasteiger partial charge in [0.05, 0.1) is 11.9 Å². The van der Waals surface area contributed by atoms with Crippen LogP contribution in [0.1, 0.15) is 48.9 Å². The topological polar surface area (TPSA) is 113 Å². The number of urea groups is 1. The predicted octanol–water partition coefficient (Wildman–Crippen LogP) is 3.03. The van der Waals surface area contributed by atoms with Gasteiger partial charge in [-0.2, -0.15) is 5.10 Å². The standard InChI is InChI=1S/C23H26N4O4/c28-19(13-31-21(29)18-12-24-27-20(18)17-4-2-1-3-5-17)25-22(30)26-23-9-14-6-15(10-23)8-16(7-14)11-23/h1-5,12,14-16H,6-11,13H2,(H,24,27)(H2,25,26,28,30). The van der Waals surface area contributed by atoms with E-state index in [0.717, 1.165) is 24.8 Å². The summed E-state index contributed by atoms with van der Waals surface area (Å²) >= 11 is 0. The first-order valence-electron chi connectivity index (χ1n) is 10.9. The van der Waals surface area contributed by atoms with Crippen LogP contribution < -0.4 is 10.6 Å². The molecule has 4 saturated carbocycles. The summed E-state index contributed by atoms with van der Waals surface area (Å²) in [5, 5.41) is 12.1. The van der Waals surface area contributed by atoms with Crippen LogP contribution in [0.15, 0.2) is 36.5 Å². The second kappa shape index (κ2) is 7.83. The lowest BCUT2D eigenvalue weighted by molar-refractivity contribution is -0.123. The number of esters is 1. The Bertz CT molecular complexity index is 965. The quantitative estimate of drug-likeness (QED) is 0.641. The first-order valence-corrected chi connectivity index (χ1v) is 10.9. The van der Waals surface area contributed by atoms with Crippen LogP contribution in [0.3, 0.4) is 0 Å². The highest BCUT2D eigenvalue weighted by Crippen LogP contribution is 2.55. The van der Waals surface area contributed by atoms with Crippen LogP contribution in [0.5, 0.6) is 0 Å². The number of aromatic nitrogens is 2. The lowest BCUT2D eigenvalue weighted by Gasteiger charge is -2.56. The van der Waals surface area contributed by atoms with Crippen LogP contribution in [-0.4, -0.2) is 40.3 Å². The van der Waals surface area contributed by atoms with Crippen LogP contribution >= 0.6 is 0 Å². The predicted molar refractivity (Wildman–Crippen MR) is 112 cm³/mol. The molecule has 0 atom stereocenters. The van der Waals surface area contributed by atoms with Crippen molar-refractivity contribution in [2.45, 2.75) is 44.1 Å². The Hall–Kier alpha value is -3.16. The van der Waals surface area contributed by atoms with E-state index in [9.17, 15) is 14.4 Å². The van der Waals surface area contributed by atoms with Crippen molar-refractivity contribution in [3.05, 3.63) is 42.1 Å². The second-order valence-corrected chi connectivity index (χ2v) is 9.30. The number of benzene rings is 1. The molecular formula is C23H26N4O4. The molecular weight excluding hydrogens is 396 g/mol. The first-order chi connectivity index (χ1) is 15.0. The third-order valence-electron chi connectivity index (χ3n) is 6.93. The molecule has 0 aliphatic heterocycles. The maximum atomic E-state index is 12.5. The van der Waals surface area contributed by atoms with E-state index in [4.69, 9.17) is 4.74 Å². The molecule has 1 aromatic carbocycles. The zero-order valence-corrected chi connectivity index (χ0v) is 17.2. The van der Waals surface area contributed by atoms with Gasteiger partial charge in [0.15, 0.2) is 6.61 Å². The minimum absolute atomic E-state index is 0.183. The van der Waals surface area contributed by atoms with Crippen molar-refractivity contribution in [2.75, 3.05) is 6.61 Å². The van der Waals surface area contributed by atoms with Crippen molar-refractivity contribution < 1.29 is 19.1 Å². The number of imide groups is 1. The number of carbonyl (C=O) groups excluding carboxylic acids is 3. The summed E-state index contributed by atoms with van der Waals surface area (Å²) in [5.41, 5.74) is 1.35. The molecule has 3 amide bonds. The molecule has 1 aromatic heterocycles. The average molecular weight is 422 g/mol. The molecule has 0 spiro atoms. The van der Waals surface area contributed by atoms with E-state index in [2.05, 4.69) is 20.8 Å². The Balaban J connectivity index is 1.14. The second-order valence-electron chi connectivity index (χ2n) is 9.30. The number of hydrogen-bond donors (Lipinski definition) is 3. The molecule has 4 fully saturated rings. The molecule has 3 N–H and O–H groups in total. The van der Waals surface area contributed by atoms with Crippen molar-refractivity contribution in [3.8, 4) is 11.3 Å². The highest BCUT2D eigenvalue weighted by atomic mass is 16.5. The Morgan fingerprint density at radius 3 is 2.32 bits per heavy atom. The third-order valence-corrected chi connectivity index (χ3v) is 6.93. The number of nitrogens with one attached hydrogen (secondary N) is 3. The minimum atomic E-state index is -0.677. The molecule has 1 heterocycles. The van der Waals surface area contributed by atoms with Gasteiger partial charge in [-0.3, -0.25) is 15.2 Å². The van der Waals surface area contributed by atoms with Crippen LogP contribution in [-0.2, 0) is 9.53 Å². The SMILES string of the molecule is O=C(COC(=O)c1cn[nH]c1-c1ccccc1)NC(=O)NC12CC3CC(CC(C3)C1)C2. The summed E-state index contributed by atoms with van der Waals surface area (Å²) in [5.74, 6) is 0.746. The van der Waals surface area contributed by atoms with Crippen molar-refractivity contribution in [3.63, 3.8) is 0 Å². The highest BCUT2D eigenvalue weighted by Gasteiger charge is 2.51. The van der Waals surface area contributed by atoms with Gasteiger partial charge < -0.3 is 10.1 Å². The normalized spacial score (nSPS) is 28.2. The van der Waals surface area contributed by atoms with Gasteiger partial charge in [0.1, 0.15) is 5.56 Å². The lowest BCUT2D eigenvalue weighted by Crippen LogP contribution is -2.62.